The maximum atomic E-state index is 5.89. The first-order chi connectivity index (χ1) is 8.92. The van der Waals surface area contributed by atoms with Gasteiger partial charge in [0.05, 0.1) is 0 Å². The van der Waals surface area contributed by atoms with E-state index in [1.165, 1.54) is 5.56 Å². The minimum atomic E-state index is 0.304. The second-order valence-electron chi connectivity index (χ2n) is 6.23. The van der Waals surface area contributed by atoms with Gasteiger partial charge in [-0.3, -0.25) is 0 Å². The quantitative estimate of drug-likeness (QED) is 0.793. The first-order valence-corrected chi connectivity index (χ1v) is 7.32. The summed E-state index contributed by atoms with van der Waals surface area (Å²) in [6, 6.07) is 2.01. The zero-order valence-corrected chi connectivity index (χ0v) is 13.0. The highest BCUT2D eigenvalue weighted by Gasteiger charge is 2.16. The molecule has 0 saturated heterocycles. The molecular formula is C15H22ClN3. The predicted octanol–water partition coefficient (Wildman–Crippen LogP) is 3.96. The number of hydrogen-bond donors (Lipinski definition) is 0. The molecule has 2 rings (SSSR count). The van der Waals surface area contributed by atoms with E-state index in [9.17, 15) is 0 Å². The van der Waals surface area contributed by atoms with E-state index in [2.05, 4.69) is 37.2 Å². The highest BCUT2D eigenvalue weighted by atomic mass is 35.5. The molecule has 0 aromatic carbocycles. The average molecular weight is 280 g/mol. The summed E-state index contributed by atoms with van der Waals surface area (Å²) in [6.45, 7) is 9.79. The van der Waals surface area contributed by atoms with Crippen LogP contribution >= 0.6 is 11.6 Å². The summed E-state index contributed by atoms with van der Waals surface area (Å²) in [7, 11) is 0. The molecule has 19 heavy (non-hydrogen) atoms. The van der Waals surface area contributed by atoms with Crippen molar-refractivity contribution in [2.45, 2.75) is 47.1 Å². The second kappa shape index (κ2) is 5.49. The van der Waals surface area contributed by atoms with Crippen molar-refractivity contribution in [2.75, 3.05) is 5.88 Å². The Morgan fingerprint density at radius 3 is 2.68 bits per heavy atom. The van der Waals surface area contributed by atoms with Gasteiger partial charge in [0, 0.05) is 25.0 Å². The van der Waals surface area contributed by atoms with Crippen molar-refractivity contribution >= 4 is 22.8 Å². The first kappa shape index (κ1) is 14.3. The topological polar surface area (TPSA) is 30.7 Å². The molecule has 2 aromatic rings. The number of aryl methyl sites for hydroxylation is 3. The second-order valence-corrected chi connectivity index (χ2v) is 6.61. The van der Waals surface area contributed by atoms with Gasteiger partial charge < -0.3 is 4.57 Å². The fourth-order valence-electron chi connectivity index (χ4n) is 2.14. The van der Waals surface area contributed by atoms with Crippen LogP contribution in [0.25, 0.3) is 11.2 Å². The number of imidazole rings is 1. The number of hydrogen-bond acceptors (Lipinski definition) is 2. The summed E-state index contributed by atoms with van der Waals surface area (Å²) in [5, 5.41) is 0. The van der Waals surface area contributed by atoms with Gasteiger partial charge in [-0.2, -0.15) is 0 Å². The number of alkyl halides is 1. The lowest BCUT2D eigenvalue weighted by Gasteiger charge is -2.19. The number of pyridine rings is 1. The third-order valence-electron chi connectivity index (χ3n) is 3.32. The molecule has 4 heteroatoms. The highest BCUT2D eigenvalue weighted by molar-refractivity contribution is 6.17. The highest BCUT2D eigenvalue weighted by Crippen LogP contribution is 2.23. The zero-order chi connectivity index (χ0) is 14.0. The van der Waals surface area contributed by atoms with Crippen LogP contribution in [-0.4, -0.2) is 20.4 Å². The van der Waals surface area contributed by atoms with Gasteiger partial charge in [0.2, 0.25) is 0 Å². The Kier molecular flexibility index (Phi) is 4.14. The normalized spacial score (nSPS) is 12.3. The summed E-state index contributed by atoms with van der Waals surface area (Å²) < 4.78 is 2.23. The van der Waals surface area contributed by atoms with Crippen LogP contribution in [0.3, 0.4) is 0 Å². The lowest BCUT2D eigenvalue weighted by molar-refractivity contribution is 0.350. The van der Waals surface area contributed by atoms with Crippen molar-refractivity contribution in [1.82, 2.24) is 14.5 Å². The van der Waals surface area contributed by atoms with Crippen LogP contribution in [0.15, 0.2) is 12.3 Å². The van der Waals surface area contributed by atoms with Crippen LogP contribution in [0.5, 0.6) is 0 Å². The lowest BCUT2D eigenvalue weighted by Crippen LogP contribution is -2.13. The van der Waals surface area contributed by atoms with Gasteiger partial charge in [-0.15, -0.1) is 11.6 Å². The Labute approximate surface area is 120 Å². The minimum absolute atomic E-state index is 0.304. The Bertz CT molecular complexity index is 567. The summed E-state index contributed by atoms with van der Waals surface area (Å²) >= 11 is 5.89. The van der Waals surface area contributed by atoms with Crippen LogP contribution < -0.4 is 0 Å². The monoisotopic (exact) mass is 279 g/mol. The molecule has 0 atom stereocenters. The molecule has 0 aliphatic heterocycles. The Morgan fingerprint density at radius 1 is 1.32 bits per heavy atom. The number of nitrogens with zero attached hydrogens (tertiary/aromatic N) is 3. The molecule has 2 aromatic heterocycles. The largest absolute Gasteiger partial charge is 0.313 e. The molecule has 0 bridgehead atoms. The van der Waals surface area contributed by atoms with Gasteiger partial charge in [-0.05, 0) is 30.4 Å². The summed E-state index contributed by atoms with van der Waals surface area (Å²) in [6.07, 6.45) is 3.75. The van der Waals surface area contributed by atoms with E-state index in [4.69, 9.17) is 16.6 Å². The summed E-state index contributed by atoms with van der Waals surface area (Å²) in [4.78, 5) is 9.22. The van der Waals surface area contributed by atoms with E-state index in [0.717, 1.165) is 36.4 Å². The van der Waals surface area contributed by atoms with Crippen molar-refractivity contribution in [3.05, 3.63) is 23.7 Å². The number of halogens is 1. The standard InChI is InChI=1S/C15H22ClN3/c1-11-6-9-17-14-13(11)18-12(5-8-16)19(14)10-7-15(2,3)4/h6,9H,5,7-8,10H2,1-4H3. The van der Waals surface area contributed by atoms with Gasteiger partial charge in [-0.25, -0.2) is 9.97 Å². The van der Waals surface area contributed by atoms with Crippen molar-refractivity contribution in [3.63, 3.8) is 0 Å². The van der Waals surface area contributed by atoms with Crippen molar-refractivity contribution in [3.8, 4) is 0 Å². The Morgan fingerprint density at radius 2 is 2.05 bits per heavy atom. The van der Waals surface area contributed by atoms with Crippen LogP contribution in [0, 0.1) is 12.3 Å². The molecule has 0 amide bonds. The molecule has 0 unspecified atom stereocenters. The SMILES string of the molecule is Cc1ccnc2c1nc(CCCl)n2CCC(C)(C)C. The third-order valence-corrected chi connectivity index (χ3v) is 3.51. The molecule has 0 aliphatic carbocycles. The molecule has 0 radical (unpaired) electrons. The van der Waals surface area contributed by atoms with Crippen LogP contribution in [-0.2, 0) is 13.0 Å². The average Bonchev–Trinajstić information content (AvgIpc) is 2.66. The van der Waals surface area contributed by atoms with Gasteiger partial charge >= 0.3 is 0 Å². The Hall–Kier alpha value is -1.09. The molecule has 0 aliphatic rings. The number of aromatic nitrogens is 3. The number of rotatable bonds is 4. The molecule has 0 fully saturated rings. The van der Waals surface area contributed by atoms with Crippen LogP contribution in [0.2, 0.25) is 0 Å². The lowest BCUT2D eigenvalue weighted by atomic mass is 9.92. The predicted molar refractivity (Wildman–Crippen MR) is 80.8 cm³/mol. The van der Waals surface area contributed by atoms with E-state index in [1.54, 1.807) is 0 Å². The smallest absolute Gasteiger partial charge is 0.160 e. The fourth-order valence-corrected chi connectivity index (χ4v) is 2.31. The van der Waals surface area contributed by atoms with Crippen molar-refractivity contribution in [1.29, 1.82) is 0 Å². The molecule has 0 spiro atoms. The van der Waals surface area contributed by atoms with Crippen LogP contribution in [0.1, 0.15) is 38.6 Å². The maximum Gasteiger partial charge on any atom is 0.160 e. The van der Waals surface area contributed by atoms with Crippen LogP contribution in [0.4, 0.5) is 0 Å². The molecular weight excluding hydrogens is 258 g/mol. The molecule has 2 heterocycles. The molecule has 104 valence electrons. The van der Waals surface area contributed by atoms with E-state index in [0.29, 0.717) is 11.3 Å². The molecule has 0 N–H and O–H groups in total. The van der Waals surface area contributed by atoms with E-state index >= 15 is 0 Å². The van der Waals surface area contributed by atoms with E-state index in [1.807, 2.05) is 12.3 Å². The zero-order valence-electron chi connectivity index (χ0n) is 12.2. The van der Waals surface area contributed by atoms with E-state index in [-0.39, 0.29) is 0 Å². The van der Waals surface area contributed by atoms with Crippen molar-refractivity contribution in [2.24, 2.45) is 5.41 Å². The fraction of sp³-hybridized carbons (Fsp3) is 0.600. The van der Waals surface area contributed by atoms with Gasteiger partial charge in [0.25, 0.3) is 0 Å². The first-order valence-electron chi connectivity index (χ1n) is 6.79. The maximum absolute atomic E-state index is 5.89. The summed E-state index contributed by atoms with van der Waals surface area (Å²) in [5.41, 5.74) is 3.48. The molecule has 3 nitrogen and oxygen atoms in total. The summed E-state index contributed by atoms with van der Waals surface area (Å²) in [5.74, 6) is 1.65. The third kappa shape index (κ3) is 3.27. The molecule has 0 saturated carbocycles. The van der Waals surface area contributed by atoms with Gasteiger partial charge in [0.1, 0.15) is 11.3 Å². The van der Waals surface area contributed by atoms with Gasteiger partial charge in [-0.1, -0.05) is 20.8 Å². The number of fused-ring (bicyclic) bond motifs is 1. The Balaban J connectivity index is 2.43. The van der Waals surface area contributed by atoms with Crippen molar-refractivity contribution < 1.29 is 0 Å². The van der Waals surface area contributed by atoms with E-state index < -0.39 is 0 Å². The van der Waals surface area contributed by atoms with Gasteiger partial charge in [0.15, 0.2) is 5.65 Å². The minimum Gasteiger partial charge on any atom is -0.313 e.